The molecule has 0 unspecified atom stereocenters. The molecule has 10 heteroatoms. The van der Waals surface area contributed by atoms with Crippen LogP contribution in [-0.4, -0.2) is 41.3 Å². The van der Waals surface area contributed by atoms with Gasteiger partial charge < -0.3 is 14.2 Å². The van der Waals surface area contributed by atoms with Crippen LogP contribution in [0.3, 0.4) is 0 Å². The number of nitrogens with zero attached hydrogens (tertiary/aromatic N) is 2. The van der Waals surface area contributed by atoms with E-state index in [2.05, 4.69) is 28.7 Å². The topological polar surface area (TPSA) is 106 Å². The Labute approximate surface area is 221 Å². The third-order valence-corrected chi connectivity index (χ3v) is 6.38. The first-order valence-corrected chi connectivity index (χ1v) is 12.6. The first-order valence-electron chi connectivity index (χ1n) is 10.8. The van der Waals surface area contributed by atoms with E-state index in [-0.39, 0.29) is 17.6 Å². The van der Waals surface area contributed by atoms with Crippen molar-refractivity contribution >= 4 is 57.5 Å². The van der Waals surface area contributed by atoms with Crippen LogP contribution in [0.15, 0.2) is 41.3 Å². The number of thioether (sulfide) groups is 1. The molecule has 0 radical (unpaired) electrons. The summed E-state index contributed by atoms with van der Waals surface area (Å²) < 4.78 is 17.6. The fraction of sp³-hybridized carbons (Fsp3) is 0.280. The minimum Gasteiger partial charge on any atom is -0.490 e. The maximum Gasteiger partial charge on any atom is 0.326 e. The molecule has 1 aliphatic rings. The molecule has 1 aliphatic heterocycles. The Morgan fingerprint density at radius 2 is 1.97 bits per heavy atom. The van der Waals surface area contributed by atoms with E-state index in [1.54, 1.807) is 44.2 Å². The average molecular weight is 606 g/mol. The molecule has 35 heavy (non-hydrogen) atoms. The first-order chi connectivity index (χ1) is 16.7. The Hall–Kier alpha value is -3.04. The van der Waals surface area contributed by atoms with Gasteiger partial charge in [0.15, 0.2) is 11.5 Å². The zero-order valence-electron chi connectivity index (χ0n) is 19.4. The Bertz CT molecular complexity index is 1220. The van der Waals surface area contributed by atoms with Gasteiger partial charge in [-0.2, -0.15) is 5.26 Å². The SMILES string of the molecule is CCOc1cc(/C=C2/SC(=O)N(CC(=O)OC(C)C)C2=O)cc(I)c1OCc1ccccc1C#N. The molecule has 0 spiro atoms. The summed E-state index contributed by atoms with van der Waals surface area (Å²) in [6, 6.07) is 12.9. The highest BCUT2D eigenvalue weighted by Crippen LogP contribution is 2.38. The van der Waals surface area contributed by atoms with Gasteiger partial charge in [0.25, 0.3) is 11.1 Å². The van der Waals surface area contributed by atoms with Crippen LogP contribution in [0.5, 0.6) is 11.5 Å². The number of halogens is 1. The van der Waals surface area contributed by atoms with Gasteiger partial charge in [-0.1, -0.05) is 18.2 Å². The number of imide groups is 1. The monoisotopic (exact) mass is 606 g/mol. The molecule has 0 aliphatic carbocycles. The van der Waals surface area contributed by atoms with Crippen molar-refractivity contribution < 1.29 is 28.6 Å². The Morgan fingerprint density at radius 3 is 2.66 bits per heavy atom. The number of carbonyl (C=O) groups is 3. The van der Waals surface area contributed by atoms with Crippen LogP contribution in [-0.2, 0) is 20.9 Å². The molecule has 2 amide bonds. The molecule has 0 bridgehead atoms. The van der Waals surface area contributed by atoms with E-state index in [1.165, 1.54) is 0 Å². The van der Waals surface area contributed by atoms with E-state index in [1.807, 2.05) is 19.1 Å². The molecule has 0 aromatic heterocycles. The lowest BCUT2D eigenvalue weighted by Crippen LogP contribution is -2.35. The van der Waals surface area contributed by atoms with Gasteiger partial charge in [0, 0.05) is 5.56 Å². The summed E-state index contributed by atoms with van der Waals surface area (Å²) >= 11 is 2.87. The summed E-state index contributed by atoms with van der Waals surface area (Å²) in [5, 5.41) is 8.78. The second kappa shape index (κ2) is 12.1. The summed E-state index contributed by atoms with van der Waals surface area (Å²) in [7, 11) is 0. The van der Waals surface area contributed by atoms with Gasteiger partial charge in [0.2, 0.25) is 0 Å². The summed E-state index contributed by atoms with van der Waals surface area (Å²) in [5.74, 6) is -0.208. The molecule has 0 atom stereocenters. The minimum absolute atomic E-state index is 0.185. The number of amides is 2. The van der Waals surface area contributed by atoms with Crippen molar-refractivity contribution in [2.24, 2.45) is 0 Å². The lowest BCUT2D eigenvalue weighted by molar-refractivity contribution is -0.149. The predicted octanol–water partition coefficient (Wildman–Crippen LogP) is 5.13. The van der Waals surface area contributed by atoms with Crippen molar-refractivity contribution in [3.63, 3.8) is 0 Å². The van der Waals surface area contributed by atoms with Crippen LogP contribution < -0.4 is 9.47 Å². The van der Waals surface area contributed by atoms with E-state index < -0.39 is 23.7 Å². The van der Waals surface area contributed by atoms with E-state index in [0.717, 1.165) is 25.8 Å². The second-order valence-electron chi connectivity index (χ2n) is 7.63. The molecule has 2 aromatic carbocycles. The predicted molar refractivity (Wildman–Crippen MR) is 140 cm³/mol. The smallest absolute Gasteiger partial charge is 0.326 e. The summed E-state index contributed by atoms with van der Waals surface area (Å²) in [5.41, 5.74) is 1.92. The maximum absolute atomic E-state index is 12.7. The number of hydrogen-bond donors (Lipinski definition) is 0. The van der Waals surface area contributed by atoms with Crippen molar-refractivity contribution in [1.29, 1.82) is 5.26 Å². The fourth-order valence-corrected chi connectivity index (χ4v) is 4.82. The molecule has 1 heterocycles. The van der Waals surface area contributed by atoms with Gasteiger partial charge in [-0.15, -0.1) is 0 Å². The second-order valence-corrected chi connectivity index (χ2v) is 9.78. The highest BCUT2D eigenvalue weighted by Gasteiger charge is 2.36. The van der Waals surface area contributed by atoms with Crippen LogP contribution in [0, 0.1) is 14.9 Å². The van der Waals surface area contributed by atoms with Gasteiger partial charge in [-0.3, -0.25) is 19.3 Å². The normalized spacial score (nSPS) is 14.4. The molecule has 8 nitrogen and oxygen atoms in total. The Balaban J connectivity index is 1.83. The van der Waals surface area contributed by atoms with E-state index >= 15 is 0 Å². The number of carbonyl (C=O) groups excluding carboxylic acids is 3. The number of ether oxygens (including phenoxy) is 3. The number of benzene rings is 2. The Kier molecular flexibility index (Phi) is 9.17. The molecule has 2 aromatic rings. The quantitative estimate of drug-likeness (QED) is 0.220. The zero-order valence-corrected chi connectivity index (χ0v) is 22.3. The van der Waals surface area contributed by atoms with Gasteiger partial charge in [-0.25, -0.2) is 0 Å². The molecule has 0 saturated carbocycles. The highest BCUT2D eigenvalue weighted by molar-refractivity contribution is 14.1. The van der Waals surface area contributed by atoms with Gasteiger partial charge in [-0.05, 0) is 85.0 Å². The molecule has 1 saturated heterocycles. The largest absolute Gasteiger partial charge is 0.490 e. The molecular formula is C25H23IN2O6S. The Morgan fingerprint density at radius 1 is 1.23 bits per heavy atom. The van der Waals surface area contributed by atoms with Crippen LogP contribution >= 0.6 is 34.4 Å². The van der Waals surface area contributed by atoms with E-state index in [4.69, 9.17) is 14.2 Å². The number of hydrogen-bond acceptors (Lipinski definition) is 8. The number of rotatable bonds is 9. The van der Waals surface area contributed by atoms with E-state index in [0.29, 0.717) is 29.2 Å². The van der Waals surface area contributed by atoms with Crippen LogP contribution in [0.2, 0.25) is 0 Å². The summed E-state index contributed by atoms with van der Waals surface area (Å²) in [4.78, 5) is 38.1. The number of nitriles is 1. The molecule has 1 fully saturated rings. The van der Waals surface area contributed by atoms with E-state index in [9.17, 15) is 19.6 Å². The molecule has 0 N–H and O–H groups in total. The lowest BCUT2D eigenvalue weighted by atomic mass is 10.1. The maximum atomic E-state index is 12.7. The number of esters is 1. The third kappa shape index (κ3) is 6.76. The third-order valence-electron chi connectivity index (χ3n) is 4.67. The van der Waals surface area contributed by atoms with Crippen molar-refractivity contribution in [2.75, 3.05) is 13.2 Å². The fourth-order valence-electron chi connectivity index (χ4n) is 3.20. The lowest BCUT2D eigenvalue weighted by Gasteiger charge is -2.15. The van der Waals surface area contributed by atoms with Crippen molar-refractivity contribution in [3.05, 3.63) is 61.6 Å². The van der Waals surface area contributed by atoms with Crippen molar-refractivity contribution in [2.45, 2.75) is 33.5 Å². The van der Waals surface area contributed by atoms with Crippen LogP contribution in [0.1, 0.15) is 37.5 Å². The summed E-state index contributed by atoms with van der Waals surface area (Å²) in [6.07, 6.45) is 1.24. The highest BCUT2D eigenvalue weighted by atomic mass is 127. The zero-order chi connectivity index (χ0) is 25.5. The molecular weight excluding hydrogens is 583 g/mol. The average Bonchev–Trinajstić information content (AvgIpc) is 3.05. The van der Waals surface area contributed by atoms with Crippen LogP contribution in [0.25, 0.3) is 6.08 Å². The van der Waals surface area contributed by atoms with Crippen molar-refractivity contribution in [1.82, 2.24) is 4.90 Å². The van der Waals surface area contributed by atoms with Gasteiger partial charge in [0.1, 0.15) is 13.2 Å². The van der Waals surface area contributed by atoms with Crippen molar-refractivity contribution in [3.8, 4) is 17.6 Å². The van der Waals surface area contributed by atoms with Gasteiger partial charge >= 0.3 is 5.97 Å². The first kappa shape index (κ1) is 26.6. The molecule has 182 valence electrons. The molecule has 3 rings (SSSR count). The standard InChI is InChI=1S/C25H23IN2O6S/c1-4-32-20-10-16(9-19(26)23(20)33-14-18-8-6-5-7-17(18)12-27)11-21-24(30)28(25(31)35-21)13-22(29)34-15(2)3/h5-11,15H,4,13-14H2,1-3H3/b21-11+. The van der Waals surface area contributed by atoms with Gasteiger partial charge in [0.05, 0.1) is 32.8 Å². The summed E-state index contributed by atoms with van der Waals surface area (Å²) in [6.45, 7) is 5.37. The van der Waals surface area contributed by atoms with Crippen LogP contribution in [0.4, 0.5) is 4.79 Å². The minimum atomic E-state index is -0.642.